The largest absolute Gasteiger partial charge is 0.376 e. The molecule has 0 aromatic heterocycles. The number of likely N-dealkylation sites (N-methyl/N-ethyl adjacent to an activating group) is 1. The van der Waals surface area contributed by atoms with Gasteiger partial charge in [-0.1, -0.05) is 6.07 Å². The van der Waals surface area contributed by atoms with Crippen molar-refractivity contribution in [2.45, 2.75) is 32.4 Å². The van der Waals surface area contributed by atoms with E-state index in [9.17, 15) is 4.39 Å². The second kappa shape index (κ2) is 6.87. The number of anilines is 1. The van der Waals surface area contributed by atoms with Gasteiger partial charge in [0.2, 0.25) is 0 Å². The first-order valence-electron chi connectivity index (χ1n) is 7.04. The number of nitrogens with one attached hydrogen (secondary N) is 1. The number of nitrogens with zero attached hydrogens (tertiary/aromatic N) is 1. The lowest BCUT2D eigenvalue weighted by Gasteiger charge is -2.28. The summed E-state index contributed by atoms with van der Waals surface area (Å²) in [7, 11) is 1.84. The van der Waals surface area contributed by atoms with Crippen LogP contribution in [0.25, 0.3) is 0 Å². The van der Waals surface area contributed by atoms with Crippen LogP contribution in [0.4, 0.5) is 10.1 Å². The Balaban J connectivity index is 2.18. The summed E-state index contributed by atoms with van der Waals surface area (Å²) in [5.74, 6) is -0.141. The molecule has 106 valence electrons. The van der Waals surface area contributed by atoms with E-state index in [0.717, 1.165) is 43.8 Å². The van der Waals surface area contributed by atoms with E-state index < -0.39 is 0 Å². The zero-order chi connectivity index (χ0) is 13.7. The molecule has 1 N–H and O–H groups in total. The third kappa shape index (κ3) is 3.45. The van der Waals surface area contributed by atoms with Crippen molar-refractivity contribution in [3.8, 4) is 0 Å². The topological polar surface area (TPSA) is 24.5 Å². The summed E-state index contributed by atoms with van der Waals surface area (Å²) >= 11 is 0. The molecule has 0 spiro atoms. The highest BCUT2D eigenvalue weighted by Gasteiger charge is 2.20. The molecule has 1 aromatic rings. The Kier molecular flexibility index (Phi) is 5.16. The van der Waals surface area contributed by atoms with Gasteiger partial charge in [-0.15, -0.1) is 0 Å². The first-order chi connectivity index (χ1) is 9.26. The minimum atomic E-state index is -0.141. The molecule has 0 saturated carbocycles. The molecule has 1 saturated heterocycles. The van der Waals surface area contributed by atoms with Crippen LogP contribution in [0.15, 0.2) is 18.2 Å². The fourth-order valence-electron chi connectivity index (χ4n) is 2.63. The van der Waals surface area contributed by atoms with Crippen LogP contribution in [0.3, 0.4) is 0 Å². The van der Waals surface area contributed by atoms with Crippen molar-refractivity contribution in [3.05, 3.63) is 29.6 Å². The van der Waals surface area contributed by atoms with Crippen LogP contribution in [0.5, 0.6) is 0 Å². The van der Waals surface area contributed by atoms with Gasteiger partial charge < -0.3 is 15.0 Å². The Hall–Kier alpha value is -1.13. The highest BCUT2D eigenvalue weighted by molar-refractivity contribution is 5.54. The molecular weight excluding hydrogens is 243 g/mol. The summed E-state index contributed by atoms with van der Waals surface area (Å²) in [5.41, 5.74) is 1.72. The predicted octanol–water partition coefficient (Wildman–Crippen LogP) is 2.55. The van der Waals surface area contributed by atoms with Gasteiger partial charge in [0.1, 0.15) is 5.82 Å². The smallest absolute Gasteiger partial charge is 0.129 e. The van der Waals surface area contributed by atoms with Crippen LogP contribution in [-0.2, 0) is 11.3 Å². The molecule has 1 unspecified atom stereocenters. The second-order valence-corrected chi connectivity index (χ2v) is 4.94. The lowest BCUT2D eigenvalue weighted by atomic mass is 10.1. The van der Waals surface area contributed by atoms with Gasteiger partial charge in [0.15, 0.2) is 0 Å². The first-order valence-corrected chi connectivity index (χ1v) is 7.04. The van der Waals surface area contributed by atoms with Crippen molar-refractivity contribution < 1.29 is 9.13 Å². The maximum Gasteiger partial charge on any atom is 0.129 e. The lowest BCUT2D eigenvalue weighted by Crippen LogP contribution is -2.33. The van der Waals surface area contributed by atoms with Gasteiger partial charge in [-0.2, -0.15) is 0 Å². The Bertz CT molecular complexity index is 405. The molecule has 2 rings (SSSR count). The van der Waals surface area contributed by atoms with Crippen molar-refractivity contribution in [1.82, 2.24) is 5.32 Å². The standard InChI is InChI=1S/C15H23FN2O/c1-3-18(11-12-6-5-9-19-12)15-8-4-7-14(16)13(15)10-17-2/h4,7-8,12,17H,3,5-6,9-11H2,1-2H3. The maximum atomic E-state index is 13.9. The molecule has 3 nitrogen and oxygen atoms in total. The molecular formula is C15H23FN2O. The van der Waals surface area contributed by atoms with E-state index in [1.807, 2.05) is 13.1 Å². The van der Waals surface area contributed by atoms with Gasteiger partial charge in [0.25, 0.3) is 0 Å². The number of benzene rings is 1. The minimum Gasteiger partial charge on any atom is -0.376 e. The van der Waals surface area contributed by atoms with Gasteiger partial charge in [-0.05, 0) is 38.9 Å². The third-order valence-corrected chi connectivity index (χ3v) is 3.62. The summed E-state index contributed by atoms with van der Waals surface area (Å²) in [6.07, 6.45) is 2.52. The van der Waals surface area contributed by atoms with Gasteiger partial charge >= 0.3 is 0 Å². The molecule has 1 aliphatic rings. The number of ether oxygens (including phenoxy) is 1. The van der Waals surface area contributed by atoms with Gasteiger partial charge in [-0.25, -0.2) is 4.39 Å². The number of rotatable bonds is 6. The van der Waals surface area contributed by atoms with E-state index in [4.69, 9.17) is 4.74 Å². The van der Waals surface area contributed by atoms with Crippen LogP contribution in [0.2, 0.25) is 0 Å². The average Bonchev–Trinajstić information content (AvgIpc) is 2.92. The summed E-state index contributed by atoms with van der Waals surface area (Å²) in [6.45, 7) is 5.21. The Morgan fingerprint density at radius 3 is 2.95 bits per heavy atom. The molecule has 0 bridgehead atoms. The molecule has 1 fully saturated rings. The number of hydrogen-bond donors (Lipinski definition) is 1. The minimum absolute atomic E-state index is 0.141. The summed E-state index contributed by atoms with van der Waals surface area (Å²) < 4.78 is 19.6. The fourth-order valence-corrected chi connectivity index (χ4v) is 2.63. The van der Waals surface area contributed by atoms with Crippen molar-refractivity contribution in [2.75, 3.05) is 31.6 Å². The summed E-state index contributed by atoms with van der Waals surface area (Å²) in [4.78, 5) is 2.21. The Labute approximate surface area is 114 Å². The molecule has 1 aliphatic heterocycles. The normalized spacial score (nSPS) is 18.8. The lowest BCUT2D eigenvalue weighted by molar-refractivity contribution is 0.115. The van der Waals surface area contributed by atoms with Crippen LogP contribution < -0.4 is 10.2 Å². The van der Waals surface area contributed by atoms with Crippen LogP contribution in [0.1, 0.15) is 25.3 Å². The van der Waals surface area contributed by atoms with E-state index in [0.29, 0.717) is 6.54 Å². The van der Waals surface area contributed by atoms with E-state index >= 15 is 0 Å². The molecule has 1 atom stereocenters. The Morgan fingerprint density at radius 1 is 1.47 bits per heavy atom. The molecule has 1 aromatic carbocycles. The molecule has 0 amide bonds. The average molecular weight is 266 g/mol. The quantitative estimate of drug-likeness (QED) is 0.856. The van der Waals surface area contributed by atoms with Crippen LogP contribution in [-0.4, -0.2) is 32.8 Å². The molecule has 0 aliphatic carbocycles. The number of halogens is 1. The zero-order valence-corrected chi connectivity index (χ0v) is 11.8. The van der Waals surface area contributed by atoms with E-state index in [1.54, 1.807) is 6.07 Å². The monoisotopic (exact) mass is 266 g/mol. The van der Waals surface area contributed by atoms with Gasteiger partial charge in [0.05, 0.1) is 6.10 Å². The van der Waals surface area contributed by atoms with E-state index in [-0.39, 0.29) is 11.9 Å². The van der Waals surface area contributed by atoms with Crippen molar-refractivity contribution in [2.24, 2.45) is 0 Å². The molecule has 0 radical (unpaired) electrons. The summed E-state index contributed by atoms with van der Waals surface area (Å²) in [5, 5.41) is 3.04. The van der Waals surface area contributed by atoms with Gasteiger partial charge in [0, 0.05) is 37.5 Å². The third-order valence-electron chi connectivity index (χ3n) is 3.62. The molecule has 1 heterocycles. The molecule has 4 heteroatoms. The SMILES string of the molecule is CCN(CC1CCCO1)c1cccc(F)c1CNC. The molecule has 19 heavy (non-hydrogen) atoms. The van der Waals surface area contributed by atoms with E-state index in [1.165, 1.54) is 6.07 Å². The van der Waals surface area contributed by atoms with Crippen LogP contribution in [0, 0.1) is 5.82 Å². The zero-order valence-electron chi connectivity index (χ0n) is 11.8. The predicted molar refractivity (Wildman–Crippen MR) is 76.0 cm³/mol. The van der Waals surface area contributed by atoms with E-state index in [2.05, 4.69) is 17.1 Å². The van der Waals surface area contributed by atoms with Crippen LogP contribution >= 0.6 is 0 Å². The Morgan fingerprint density at radius 2 is 2.32 bits per heavy atom. The number of hydrogen-bond acceptors (Lipinski definition) is 3. The maximum absolute atomic E-state index is 13.9. The second-order valence-electron chi connectivity index (χ2n) is 4.94. The van der Waals surface area contributed by atoms with Gasteiger partial charge in [-0.3, -0.25) is 0 Å². The highest BCUT2D eigenvalue weighted by atomic mass is 19.1. The summed E-state index contributed by atoms with van der Waals surface area (Å²) in [6, 6.07) is 5.30. The first kappa shape index (κ1) is 14.3. The highest BCUT2D eigenvalue weighted by Crippen LogP contribution is 2.25. The van der Waals surface area contributed by atoms with Crippen molar-refractivity contribution in [1.29, 1.82) is 0 Å². The van der Waals surface area contributed by atoms with Crippen molar-refractivity contribution in [3.63, 3.8) is 0 Å². The fraction of sp³-hybridized carbons (Fsp3) is 0.600. The van der Waals surface area contributed by atoms with Crippen molar-refractivity contribution >= 4 is 5.69 Å².